The number of furan rings is 1. The van der Waals surface area contributed by atoms with Gasteiger partial charge in [-0.1, -0.05) is 24.3 Å². The Kier molecular flexibility index (Phi) is 3.57. The molecule has 0 aliphatic carbocycles. The molecule has 0 aliphatic rings. The number of benzene rings is 1. The summed E-state index contributed by atoms with van der Waals surface area (Å²) in [6.45, 7) is 3.79. The molecule has 0 radical (unpaired) electrons. The lowest BCUT2D eigenvalue weighted by Gasteiger charge is -2.10. The molecule has 2 aromatic rings. The van der Waals surface area contributed by atoms with Crippen molar-refractivity contribution in [1.82, 2.24) is 0 Å². The first-order valence-corrected chi connectivity index (χ1v) is 5.44. The van der Waals surface area contributed by atoms with Crippen LogP contribution in [-0.2, 0) is 0 Å². The van der Waals surface area contributed by atoms with Crippen molar-refractivity contribution < 1.29 is 9.73 Å². The van der Waals surface area contributed by atoms with E-state index >= 15 is 0 Å². The van der Waals surface area contributed by atoms with Crippen LogP contribution in [0.4, 0.5) is 5.69 Å². The van der Waals surface area contributed by atoms with E-state index in [2.05, 4.69) is 24.0 Å². The molecule has 1 aromatic heterocycles. The van der Waals surface area contributed by atoms with Crippen molar-refractivity contribution in [3.05, 3.63) is 67.1 Å². The Labute approximate surface area is 95.6 Å². The number of hydrogen-bond donors (Lipinski definition) is 1. The molecule has 16 heavy (non-hydrogen) atoms. The summed E-state index contributed by atoms with van der Waals surface area (Å²) in [6.07, 6.45) is 4.53. The SMILES string of the molecule is C=CC[C@@H]([NH2+]c1ccccc1)c1ccco1. The van der Waals surface area contributed by atoms with Crippen LogP contribution in [0.5, 0.6) is 0 Å². The zero-order valence-electron chi connectivity index (χ0n) is 9.17. The van der Waals surface area contributed by atoms with Gasteiger partial charge in [0.15, 0.2) is 11.8 Å². The first-order chi connectivity index (χ1) is 7.90. The first-order valence-electron chi connectivity index (χ1n) is 5.44. The molecule has 1 aromatic carbocycles. The van der Waals surface area contributed by atoms with E-state index in [-0.39, 0.29) is 6.04 Å². The van der Waals surface area contributed by atoms with E-state index in [0.717, 1.165) is 12.2 Å². The average Bonchev–Trinajstić information content (AvgIpc) is 2.83. The highest BCUT2D eigenvalue weighted by molar-refractivity contribution is 5.27. The van der Waals surface area contributed by atoms with E-state index < -0.39 is 0 Å². The zero-order valence-corrected chi connectivity index (χ0v) is 9.17. The summed E-state index contributed by atoms with van der Waals surface area (Å²) in [6, 6.07) is 14.5. The molecule has 0 saturated carbocycles. The largest absolute Gasteiger partial charge is 0.463 e. The second-order valence-electron chi connectivity index (χ2n) is 3.72. The molecule has 0 aliphatic heterocycles. The van der Waals surface area contributed by atoms with Crippen molar-refractivity contribution in [2.75, 3.05) is 0 Å². The first kappa shape index (κ1) is 10.7. The number of nitrogens with two attached hydrogens (primary N) is 1. The fourth-order valence-corrected chi connectivity index (χ4v) is 1.74. The monoisotopic (exact) mass is 214 g/mol. The molecule has 0 bridgehead atoms. The van der Waals surface area contributed by atoms with Gasteiger partial charge in [0.1, 0.15) is 5.69 Å². The summed E-state index contributed by atoms with van der Waals surface area (Å²) >= 11 is 0. The summed E-state index contributed by atoms with van der Waals surface area (Å²) < 4.78 is 5.44. The Morgan fingerprint density at radius 3 is 2.62 bits per heavy atom. The predicted octanol–water partition coefficient (Wildman–Crippen LogP) is 2.79. The van der Waals surface area contributed by atoms with Gasteiger partial charge in [-0.2, -0.15) is 0 Å². The smallest absolute Gasteiger partial charge is 0.161 e. The Balaban J connectivity index is 2.12. The average molecular weight is 214 g/mol. The van der Waals surface area contributed by atoms with Crippen molar-refractivity contribution in [2.24, 2.45) is 0 Å². The van der Waals surface area contributed by atoms with Crippen LogP contribution in [0.15, 0.2) is 65.8 Å². The van der Waals surface area contributed by atoms with Crippen molar-refractivity contribution >= 4 is 5.69 Å². The zero-order chi connectivity index (χ0) is 11.2. The molecule has 2 nitrogen and oxygen atoms in total. The Bertz CT molecular complexity index is 419. The summed E-state index contributed by atoms with van der Waals surface area (Å²) in [4.78, 5) is 0. The lowest BCUT2D eigenvalue weighted by Crippen LogP contribution is -2.79. The summed E-state index contributed by atoms with van der Waals surface area (Å²) in [5.74, 6) is 0.990. The Hall–Kier alpha value is -1.80. The normalized spacial score (nSPS) is 12.2. The van der Waals surface area contributed by atoms with Crippen LogP contribution in [0.3, 0.4) is 0 Å². The number of hydrogen-bond acceptors (Lipinski definition) is 1. The molecule has 2 heteroatoms. The minimum absolute atomic E-state index is 0.273. The quantitative estimate of drug-likeness (QED) is 0.602. The van der Waals surface area contributed by atoms with E-state index in [1.54, 1.807) is 6.26 Å². The van der Waals surface area contributed by atoms with Crippen LogP contribution in [0.1, 0.15) is 18.2 Å². The Morgan fingerprint density at radius 2 is 2.00 bits per heavy atom. The third-order valence-corrected chi connectivity index (χ3v) is 2.52. The van der Waals surface area contributed by atoms with Crippen molar-refractivity contribution in [2.45, 2.75) is 12.5 Å². The fourth-order valence-electron chi connectivity index (χ4n) is 1.74. The maximum atomic E-state index is 5.44. The highest BCUT2D eigenvalue weighted by Crippen LogP contribution is 2.15. The van der Waals surface area contributed by atoms with E-state index in [0.29, 0.717) is 0 Å². The fraction of sp³-hybridized carbons (Fsp3) is 0.143. The van der Waals surface area contributed by atoms with Gasteiger partial charge < -0.3 is 9.73 Å². The van der Waals surface area contributed by atoms with Crippen LogP contribution >= 0.6 is 0 Å². The minimum Gasteiger partial charge on any atom is -0.463 e. The molecule has 0 amide bonds. The molecule has 2 N–H and O–H groups in total. The van der Waals surface area contributed by atoms with Gasteiger partial charge in [0.25, 0.3) is 0 Å². The van der Waals surface area contributed by atoms with Gasteiger partial charge in [0.2, 0.25) is 0 Å². The van der Waals surface area contributed by atoms with Crippen LogP contribution in [0, 0.1) is 0 Å². The number of para-hydroxylation sites is 1. The highest BCUT2D eigenvalue weighted by atomic mass is 16.3. The topological polar surface area (TPSA) is 29.8 Å². The van der Waals surface area contributed by atoms with Crippen LogP contribution in [0.25, 0.3) is 0 Å². The standard InChI is InChI=1S/C14H15NO/c1-2-7-13(14-10-6-11-16-14)15-12-8-4-3-5-9-12/h2-6,8-11,13,15H,1,7H2/p+1/t13-/m1/s1. The van der Waals surface area contributed by atoms with Gasteiger partial charge in [-0.05, 0) is 24.3 Å². The Morgan fingerprint density at radius 1 is 1.19 bits per heavy atom. The van der Waals surface area contributed by atoms with Gasteiger partial charge in [-0.3, -0.25) is 0 Å². The van der Waals surface area contributed by atoms with E-state index in [1.165, 1.54) is 5.69 Å². The van der Waals surface area contributed by atoms with Crippen LogP contribution in [0.2, 0.25) is 0 Å². The number of rotatable bonds is 5. The molecule has 2 rings (SSSR count). The van der Waals surface area contributed by atoms with Gasteiger partial charge in [-0.25, -0.2) is 0 Å². The molecular weight excluding hydrogens is 198 g/mol. The lowest BCUT2D eigenvalue weighted by atomic mass is 10.1. The molecule has 82 valence electrons. The van der Waals surface area contributed by atoms with E-state index in [4.69, 9.17) is 4.42 Å². The van der Waals surface area contributed by atoms with Gasteiger partial charge >= 0.3 is 0 Å². The van der Waals surface area contributed by atoms with Crippen LogP contribution in [-0.4, -0.2) is 0 Å². The lowest BCUT2D eigenvalue weighted by molar-refractivity contribution is -0.619. The van der Waals surface area contributed by atoms with Crippen molar-refractivity contribution in [3.8, 4) is 0 Å². The van der Waals surface area contributed by atoms with E-state index in [9.17, 15) is 0 Å². The van der Waals surface area contributed by atoms with E-state index in [1.807, 2.05) is 36.4 Å². The summed E-state index contributed by atoms with van der Waals surface area (Å²) in [7, 11) is 0. The highest BCUT2D eigenvalue weighted by Gasteiger charge is 2.16. The minimum atomic E-state index is 0.273. The molecule has 1 atom stereocenters. The number of quaternary nitrogens is 1. The van der Waals surface area contributed by atoms with Gasteiger partial charge in [-0.15, -0.1) is 6.58 Å². The van der Waals surface area contributed by atoms with Gasteiger partial charge in [0, 0.05) is 6.42 Å². The molecule has 0 fully saturated rings. The summed E-state index contributed by atoms with van der Waals surface area (Å²) in [5.41, 5.74) is 1.21. The van der Waals surface area contributed by atoms with Gasteiger partial charge in [0.05, 0.1) is 6.26 Å². The molecule has 0 saturated heterocycles. The molecule has 0 spiro atoms. The van der Waals surface area contributed by atoms with Crippen molar-refractivity contribution in [1.29, 1.82) is 0 Å². The second-order valence-corrected chi connectivity index (χ2v) is 3.72. The predicted molar refractivity (Wildman–Crippen MR) is 64.3 cm³/mol. The molecule has 0 unspecified atom stereocenters. The summed E-state index contributed by atoms with van der Waals surface area (Å²) in [5, 5.41) is 2.21. The van der Waals surface area contributed by atoms with Crippen molar-refractivity contribution in [3.63, 3.8) is 0 Å². The second kappa shape index (κ2) is 5.33. The van der Waals surface area contributed by atoms with Crippen LogP contribution < -0.4 is 5.32 Å². The third-order valence-electron chi connectivity index (χ3n) is 2.52. The molecule has 1 heterocycles. The third kappa shape index (κ3) is 2.61. The maximum absolute atomic E-state index is 5.44. The maximum Gasteiger partial charge on any atom is 0.161 e. The molecular formula is C14H16NO+.